The van der Waals surface area contributed by atoms with Gasteiger partial charge in [0.15, 0.2) is 30.7 Å². The third-order valence-corrected chi connectivity index (χ3v) is 9.10. The summed E-state index contributed by atoms with van der Waals surface area (Å²) in [6.45, 7) is 1.90. The van der Waals surface area contributed by atoms with E-state index in [0.717, 1.165) is 20.8 Å². The Morgan fingerprint density at radius 3 is 1.38 bits per heavy atom. The molecule has 5 rings (SSSR count). The Bertz CT molecular complexity index is 2000. The molecule has 2 aliphatic rings. The van der Waals surface area contributed by atoms with Crippen LogP contribution in [0.1, 0.15) is 51.8 Å². The van der Waals surface area contributed by atoms with Crippen LogP contribution in [-0.4, -0.2) is 114 Å². The van der Waals surface area contributed by atoms with Crippen molar-refractivity contribution in [3.05, 3.63) is 108 Å². The van der Waals surface area contributed by atoms with Gasteiger partial charge in [-0.15, -0.1) is 0 Å². The van der Waals surface area contributed by atoms with Gasteiger partial charge in [-0.05, 0) is 36.4 Å². The van der Waals surface area contributed by atoms with Gasteiger partial charge < -0.3 is 47.4 Å². The molecule has 0 aromatic heterocycles. The zero-order valence-electron chi connectivity index (χ0n) is 31.9. The number of hydrogen-bond donors (Lipinski definition) is 1. The second kappa shape index (κ2) is 20.8. The van der Waals surface area contributed by atoms with Crippen molar-refractivity contribution in [2.45, 2.75) is 79.9 Å². The molecule has 0 bridgehead atoms. The molecule has 3 aromatic carbocycles. The highest BCUT2D eigenvalue weighted by molar-refractivity contribution is 6.76. The molecule has 3 aromatic rings. The van der Waals surface area contributed by atoms with E-state index in [1.165, 1.54) is 36.4 Å². The van der Waals surface area contributed by atoms with E-state index in [9.17, 15) is 28.8 Å². The number of alkyl halides is 3. The molecule has 1 unspecified atom stereocenters. The normalized spacial score (nSPS) is 24.9. The summed E-state index contributed by atoms with van der Waals surface area (Å²) >= 11 is 17.7. The third-order valence-electron chi connectivity index (χ3n) is 8.59. The number of carbonyl (C=O) groups is 6. The lowest BCUT2D eigenvalue weighted by Crippen LogP contribution is -2.64. The molecule has 60 heavy (non-hydrogen) atoms. The maximum atomic E-state index is 13.7. The monoisotopic (exact) mass is 893 g/mol. The zero-order valence-corrected chi connectivity index (χ0v) is 34.2. The van der Waals surface area contributed by atoms with Crippen molar-refractivity contribution in [2.75, 3.05) is 13.2 Å². The molecule has 0 spiro atoms. The van der Waals surface area contributed by atoms with Crippen LogP contribution < -0.4 is 0 Å². The van der Waals surface area contributed by atoms with Gasteiger partial charge in [-0.25, -0.2) is 14.4 Å². The van der Waals surface area contributed by atoms with Gasteiger partial charge in [0.25, 0.3) is 3.79 Å². The molecular formula is C40H38Cl3NO16. The van der Waals surface area contributed by atoms with Crippen molar-refractivity contribution < 1.29 is 76.1 Å². The molecule has 0 saturated carbocycles. The van der Waals surface area contributed by atoms with Gasteiger partial charge in [0, 0.05) is 20.8 Å². The van der Waals surface area contributed by atoms with Gasteiger partial charge in [0.2, 0.25) is 12.2 Å². The largest absolute Gasteiger partial charge is 0.463 e. The summed E-state index contributed by atoms with van der Waals surface area (Å²) in [7, 11) is 0. The number of benzene rings is 3. The second-order valence-electron chi connectivity index (χ2n) is 13.0. The molecule has 1 N–H and O–H groups in total. The van der Waals surface area contributed by atoms with Crippen molar-refractivity contribution in [2.24, 2.45) is 0 Å². The maximum Gasteiger partial charge on any atom is 0.338 e. The summed E-state index contributed by atoms with van der Waals surface area (Å²) in [5, 5.41) is 8.24. The van der Waals surface area contributed by atoms with Gasteiger partial charge in [-0.2, -0.15) is 0 Å². The fourth-order valence-corrected chi connectivity index (χ4v) is 6.13. The highest BCUT2D eigenvalue weighted by Crippen LogP contribution is 2.37. The minimum Gasteiger partial charge on any atom is -0.463 e. The lowest BCUT2D eigenvalue weighted by molar-refractivity contribution is -0.321. The molecular weight excluding hydrogens is 857 g/mol. The van der Waals surface area contributed by atoms with Crippen molar-refractivity contribution >= 4 is 76.5 Å². The van der Waals surface area contributed by atoms with Gasteiger partial charge in [0.1, 0.15) is 31.5 Å². The van der Waals surface area contributed by atoms with E-state index in [0.29, 0.717) is 0 Å². The van der Waals surface area contributed by atoms with Crippen LogP contribution in [0.4, 0.5) is 0 Å². The van der Waals surface area contributed by atoms with E-state index < -0.39 is 114 Å². The predicted molar refractivity (Wildman–Crippen MR) is 207 cm³/mol. The Labute approximate surface area is 357 Å². The summed E-state index contributed by atoms with van der Waals surface area (Å²) in [4.78, 5) is 77.7. The first-order valence-corrected chi connectivity index (χ1v) is 19.2. The van der Waals surface area contributed by atoms with Crippen LogP contribution in [0, 0.1) is 5.41 Å². The molecule has 2 heterocycles. The molecule has 2 saturated heterocycles. The zero-order chi connectivity index (χ0) is 43.6. The first-order valence-electron chi connectivity index (χ1n) is 18.0. The summed E-state index contributed by atoms with van der Waals surface area (Å²) in [5.41, 5.74) is 0.327. The third kappa shape index (κ3) is 12.4. The molecule has 2 aliphatic heterocycles. The summed E-state index contributed by atoms with van der Waals surface area (Å²) in [5.74, 6) is -6.29. The topological polar surface area (TPSA) is 219 Å². The van der Waals surface area contributed by atoms with Crippen molar-refractivity contribution in [1.82, 2.24) is 0 Å². The lowest BCUT2D eigenvalue weighted by Gasteiger charge is -2.45. The smallest absolute Gasteiger partial charge is 0.338 e. The Kier molecular flexibility index (Phi) is 15.9. The standard InChI is InChI=1S/C40H38Cl3NO16/c1-21(45)51-19-27-29(53-22(2)46)31(33(54-23(3)47)38(56-27)60-39(44)40(41,42)43)59-37-32(58-36(50)26-17-11-6-12-18-26)30(57-35(49)25-15-9-5-10-16-25)28(55-37)20-52-34(48)24-13-7-4-8-14-24/h4-18,27-33,37-38,44H,19-20H2,1-3H3/t27-,28+,29+,30+,31+,32-,33-,37+,38?/m1/s1. The predicted octanol–water partition coefficient (Wildman–Crippen LogP) is 4.92. The van der Waals surface area contributed by atoms with Gasteiger partial charge >= 0.3 is 35.8 Å². The van der Waals surface area contributed by atoms with Crippen molar-refractivity contribution in [3.63, 3.8) is 0 Å². The van der Waals surface area contributed by atoms with E-state index in [4.69, 9.17) is 87.6 Å². The summed E-state index contributed by atoms with van der Waals surface area (Å²) in [6.07, 6.45) is -15.2. The van der Waals surface area contributed by atoms with Crippen LogP contribution in [0.3, 0.4) is 0 Å². The number of esters is 6. The fourth-order valence-electron chi connectivity index (χ4n) is 6.00. The van der Waals surface area contributed by atoms with Crippen LogP contribution in [0.2, 0.25) is 0 Å². The first-order chi connectivity index (χ1) is 28.5. The van der Waals surface area contributed by atoms with E-state index in [1.807, 2.05) is 0 Å². The Hall–Kier alpha value is -5.30. The molecule has 17 nitrogen and oxygen atoms in total. The number of ether oxygens (including phenoxy) is 10. The summed E-state index contributed by atoms with van der Waals surface area (Å²) < 4.78 is 55.5. The highest BCUT2D eigenvalue weighted by atomic mass is 35.6. The number of halogens is 3. The quantitative estimate of drug-likeness (QED) is 0.0747. The maximum absolute atomic E-state index is 13.7. The number of nitrogens with one attached hydrogen (secondary N) is 1. The number of rotatable bonds is 14. The SMILES string of the molecule is CC(=O)OC[C@H]1OC(OC(=N)C(Cl)(Cl)Cl)[C@H](OC(C)=O)[C@@H](O[C@@H]2O[C@@H](COC(=O)c3ccccc3)[C@H](OC(=O)c3ccccc3)[C@H]2OC(=O)c2ccccc2)[C@H]1OC(C)=O. The Morgan fingerprint density at radius 2 is 0.917 bits per heavy atom. The van der Waals surface area contributed by atoms with Crippen LogP contribution in [0.5, 0.6) is 0 Å². The average Bonchev–Trinajstić information content (AvgIpc) is 3.52. The van der Waals surface area contributed by atoms with Crippen LogP contribution in [0.25, 0.3) is 0 Å². The van der Waals surface area contributed by atoms with Crippen LogP contribution >= 0.6 is 34.8 Å². The Balaban J connectivity index is 1.60. The molecule has 0 radical (unpaired) electrons. The molecule has 9 atom stereocenters. The highest BCUT2D eigenvalue weighted by Gasteiger charge is 2.58. The number of carbonyl (C=O) groups excluding carboxylic acids is 6. The summed E-state index contributed by atoms with van der Waals surface area (Å²) in [6, 6.07) is 23.4. The molecule has 0 aliphatic carbocycles. The van der Waals surface area contributed by atoms with Gasteiger partial charge in [-0.3, -0.25) is 19.8 Å². The van der Waals surface area contributed by atoms with E-state index >= 15 is 0 Å². The molecule has 320 valence electrons. The molecule has 20 heteroatoms. The number of hydrogen-bond acceptors (Lipinski definition) is 17. The van der Waals surface area contributed by atoms with Gasteiger partial charge in [-0.1, -0.05) is 89.4 Å². The van der Waals surface area contributed by atoms with Crippen LogP contribution in [-0.2, 0) is 61.8 Å². The first kappa shape index (κ1) is 45.8. The minimum atomic E-state index is -2.47. The Morgan fingerprint density at radius 1 is 0.517 bits per heavy atom. The fraction of sp³-hybridized carbons (Fsp3) is 0.375. The lowest BCUT2D eigenvalue weighted by atomic mass is 9.98. The van der Waals surface area contributed by atoms with E-state index in [1.54, 1.807) is 54.6 Å². The van der Waals surface area contributed by atoms with E-state index in [2.05, 4.69) is 0 Å². The van der Waals surface area contributed by atoms with E-state index in [-0.39, 0.29) is 16.7 Å². The molecule has 0 amide bonds. The molecule has 2 fully saturated rings. The van der Waals surface area contributed by atoms with Crippen molar-refractivity contribution in [1.29, 1.82) is 5.41 Å². The minimum absolute atomic E-state index is 0.0603. The second-order valence-corrected chi connectivity index (χ2v) is 15.3. The average molecular weight is 895 g/mol. The van der Waals surface area contributed by atoms with Gasteiger partial charge in [0.05, 0.1) is 16.7 Å². The van der Waals surface area contributed by atoms with Crippen LogP contribution in [0.15, 0.2) is 91.0 Å². The van der Waals surface area contributed by atoms with Crippen molar-refractivity contribution in [3.8, 4) is 0 Å².